The van der Waals surface area contributed by atoms with E-state index in [1.54, 1.807) is 6.33 Å². The Morgan fingerprint density at radius 3 is 2.59 bits per heavy atom. The van der Waals surface area contributed by atoms with Crippen molar-refractivity contribution in [2.24, 2.45) is 5.73 Å². The predicted octanol–water partition coefficient (Wildman–Crippen LogP) is 3.22. The van der Waals surface area contributed by atoms with Crippen LogP contribution in [0.2, 0.25) is 0 Å². The number of aryl methyl sites for hydroxylation is 1. The molecule has 0 saturated carbocycles. The molecule has 6 nitrogen and oxygen atoms in total. The van der Waals surface area contributed by atoms with E-state index in [0.29, 0.717) is 24.3 Å². The van der Waals surface area contributed by atoms with E-state index in [-0.39, 0.29) is 11.8 Å². The maximum Gasteiger partial charge on any atom is 0.218 e. The lowest BCUT2D eigenvalue weighted by atomic mass is 9.92. The van der Waals surface area contributed by atoms with Crippen molar-refractivity contribution in [1.82, 2.24) is 14.5 Å². The summed E-state index contributed by atoms with van der Waals surface area (Å²) in [7, 11) is 0. The monoisotopic (exact) mass is 359 g/mol. The molecule has 1 amide bonds. The Kier molecular flexibility index (Phi) is 4.46. The van der Waals surface area contributed by atoms with E-state index in [2.05, 4.69) is 14.5 Å². The number of primary amides is 1. The van der Waals surface area contributed by atoms with E-state index >= 15 is 0 Å². The Hall–Kier alpha value is -3.41. The molecule has 4 aromatic rings. The number of benzene rings is 2. The van der Waals surface area contributed by atoms with Crippen LogP contribution in [0.15, 0.2) is 60.9 Å². The van der Waals surface area contributed by atoms with Crippen LogP contribution < -0.4 is 11.5 Å². The van der Waals surface area contributed by atoms with Crippen molar-refractivity contribution in [3.8, 4) is 0 Å². The molecule has 136 valence electrons. The maximum atomic E-state index is 11.6. The molecule has 2 aromatic heterocycles. The summed E-state index contributed by atoms with van der Waals surface area (Å²) in [5, 5.41) is 1.02. The van der Waals surface area contributed by atoms with Crippen LogP contribution in [0.3, 0.4) is 0 Å². The van der Waals surface area contributed by atoms with Gasteiger partial charge < -0.3 is 16.0 Å². The van der Waals surface area contributed by atoms with Crippen LogP contribution in [0.1, 0.15) is 24.3 Å². The van der Waals surface area contributed by atoms with Crippen molar-refractivity contribution < 1.29 is 4.79 Å². The van der Waals surface area contributed by atoms with E-state index < -0.39 is 0 Å². The molecule has 4 N–H and O–H groups in total. The first-order valence-electron chi connectivity index (χ1n) is 8.96. The molecule has 0 aliphatic rings. The number of imidazole rings is 1. The van der Waals surface area contributed by atoms with Crippen molar-refractivity contribution in [1.29, 1.82) is 0 Å². The number of amides is 1. The van der Waals surface area contributed by atoms with Gasteiger partial charge in [0, 0.05) is 18.4 Å². The second-order valence-electron chi connectivity index (χ2n) is 6.72. The molecule has 0 saturated heterocycles. The maximum absolute atomic E-state index is 11.6. The van der Waals surface area contributed by atoms with Crippen LogP contribution in [0.5, 0.6) is 0 Å². The Balaban J connectivity index is 1.69. The van der Waals surface area contributed by atoms with Gasteiger partial charge in [-0.1, -0.05) is 48.5 Å². The van der Waals surface area contributed by atoms with Gasteiger partial charge in [-0.05, 0) is 24.0 Å². The molecule has 0 bridgehead atoms. The highest BCUT2D eigenvalue weighted by Crippen LogP contribution is 2.29. The van der Waals surface area contributed by atoms with Crippen molar-refractivity contribution in [2.75, 3.05) is 5.73 Å². The van der Waals surface area contributed by atoms with Crippen LogP contribution in [0.25, 0.3) is 21.9 Å². The summed E-state index contributed by atoms with van der Waals surface area (Å²) in [6, 6.07) is 17.9. The number of fused-ring (bicyclic) bond motifs is 3. The van der Waals surface area contributed by atoms with Gasteiger partial charge in [0.25, 0.3) is 0 Å². The summed E-state index contributed by atoms with van der Waals surface area (Å²) in [6.07, 6.45) is 2.89. The van der Waals surface area contributed by atoms with E-state index in [4.69, 9.17) is 11.5 Å². The summed E-state index contributed by atoms with van der Waals surface area (Å²) in [5.41, 5.74) is 15.2. The summed E-state index contributed by atoms with van der Waals surface area (Å²) in [4.78, 5) is 20.5. The number of pyridine rings is 1. The van der Waals surface area contributed by atoms with Gasteiger partial charge in [-0.15, -0.1) is 0 Å². The highest BCUT2D eigenvalue weighted by Gasteiger charge is 2.17. The molecule has 27 heavy (non-hydrogen) atoms. The molecule has 1 unspecified atom stereocenters. The lowest BCUT2D eigenvalue weighted by Gasteiger charge is -2.17. The number of nitrogen functional groups attached to an aromatic ring is 1. The molecular formula is C21H21N5O. The molecule has 6 heteroatoms. The Morgan fingerprint density at radius 2 is 1.81 bits per heavy atom. The number of nitrogens with zero attached hydrogens (tertiary/aromatic N) is 3. The van der Waals surface area contributed by atoms with Crippen LogP contribution >= 0.6 is 0 Å². The zero-order chi connectivity index (χ0) is 18.8. The quantitative estimate of drug-likeness (QED) is 0.552. The average Bonchev–Trinajstić information content (AvgIpc) is 3.11. The molecule has 0 radical (unpaired) electrons. The molecule has 2 aromatic carbocycles. The second-order valence-corrected chi connectivity index (χ2v) is 6.72. The van der Waals surface area contributed by atoms with Crippen molar-refractivity contribution in [2.45, 2.75) is 25.3 Å². The number of para-hydroxylation sites is 1. The predicted molar refractivity (Wildman–Crippen MR) is 107 cm³/mol. The third kappa shape index (κ3) is 3.33. The molecule has 0 spiro atoms. The fraction of sp³-hybridized carbons (Fsp3) is 0.190. The normalized spacial score (nSPS) is 12.4. The van der Waals surface area contributed by atoms with E-state index in [1.165, 1.54) is 0 Å². The van der Waals surface area contributed by atoms with Gasteiger partial charge in [0.2, 0.25) is 5.91 Å². The standard InChI is InChI=1S/C21H21N5O/c22-18(27)12-15(14-6-2-1-3-7-14)10-11-26-13-24-19-20(26)16-8-4-5-9-17(16)25-21(19)23/h1-9,13,15H,10-12H2,(H2,22,27)(H2,23,25). The summed E-state index contributed by atoms with van der Waals surface area (Å²) >= 11 is 0. The van der Waals surface area contributed by atoms with Gasteiger partial charge in [-0.3, -0.25) is 4.79 Å². The van der Waals surface area contributed by atoms with E-state index in [9.17, 15) is 4.79 Å². The minimum absolute atomic E-state index is 0.0617. The van der Waals surface area contributed by atoms with Crippen LogP contribution in [0, 0.1) is 0 Å². The van der Waals surface area contributed by atoms with Crippen molar-refractivity contribution in [3.63, 3.8) is 0 Å². The molecule has 0 fully saturated rings. The van der Waals surface area contributed by atoms with Gasteiger partial charge in [-0.2, -0.15) is 0 Å². The first-order valence-corrected chi connectivity index (χ1v) is 8.96. The number of anilines is 1. The van der Waals surface area contributed by atoms with Gasteiger partial charge in [0.1, 0.15) is 5.52 Å². The summed E-state index contributed by atoms with van der Waals surface area (Å²) in [5.74, 6) is 0.198. The molecule has 0 aliphatic carbocycles. The minimum atomic E-state index is -0.293. The fourth-order valence-corrected chi connectivity index (χ4v) is 3.63. The van der Waals surface area contributed by atoms with Gasteiger partial charge in [-0.25, -0.2) is 9.97 Å². The van der Waals surface area contributed by atoms with E-state index in [1.807, 2.05) is 54.6 Å². The van der Waals surface area contributed by atoms with Crippen LogP contribution in [-0.2, 0) is 11.3 Å². The summed E-state index contributed by atoms with van der Waals surface area (Å²) in [6.45, 7) is 0.705. The third-order valence-corrected chi connectivity index (χ3v) is 4.92. The molecule has 1 atom stereocenters. The lowest BCUT2D eigenvalue weighted by Crippen LogP contribution is -2.16. The Labute approximate surface area is 156 Å². The number of nitrogens with two attached hydrogens (primary N) is 2. The molecule has 0 aliphatic heterocycles. The number of hydrogen-bond acceptors (Lipinski definition) is 4. The topological polar surface area (TPSA) is 99.8 Å². The van der Waals surface area contributed by atoms with Crippen molar-refractivity contribution >= 4 is 33.7 Å². The zero-order valence-electron chi connectivity index (χ0n) is 14.9. The highest BCUT2D eigenvalue weighted by molar-refractivity contribution is 6.06. The van der Waals surface area contributed by atoms with Gasteiger partial charge in [0.05, 0.1) is 17.4 Å². The smallest absolute Gasteiger partial charge is 0.218 e. The largest absolute Gasteiger partial charge is 0.382 e. The first kappa shape index (κ1) is 17.0. The second kappa shape index (κ2) is 7.07. The highest BCUT2D eigenvalue weighted by atomic mass is 16.1. The lowest BCUT2D eigenvalue weighted by molar-refractivity contribution is -0.118. The molecule has 2 heterocycles. The van der Waals surface area contributed by atoms with Gasteiger partial charge in [0.15, 0.2) is 5.82 Å². The molecular weight excluding hydrogens is 338 g/mol. The number of carbonyl (C=O) groups is 1. The average molecular weight is 359 g/mol. The third-order valence-electron chi connectivity index (χ3n) is 4.92. The number of rotatable bonds is 6. The molecule has 4 rings (SSSR count). The minimum Gasteiger partial charge on any atom is -0.382 e. The Morgan fingerprint density at radius 1 is 1.07 bits per heavy atom. The fourth-order valence-electron chi connectivity index (χ4n) is 3.63. The van der Waals surface area contributed by atoms with Gasteiger partial charge >= 0.3 is 0 Å². The first-order chi connectivity index (χ1) is 13.1. The summed E-state index contributed by atoms with van der Waals surface area (Å²) < 4.78 is 2.09. The van der Waals surface area contributed by atoms with Crippen molar-refractivity contribution in [3.05, 3.63) is 66.5 Å². The Bertz CT molecular complexity index is 1100. The van der Waals surface area contributed by atoms with E-state index in [0.717, 1.165) is 28.4 Å². The SMILES string of the molecule is NC(=O)CC(CCn1cnc2c(N)nc3ccccc3c21)c1ccccc1. The number of hydrogen-bond donors (Lipinski definition) is 2. The number of aromatic nitrogens is 3. The van der Waals surface area contributed by atoms with Crippen LogP contribution in [-0.4, -0.2) is 20.4 Å². The zero-order valence-corrected chi connectivity index (χ0v) is 14.9. The van der Waals surface area contributed by atoms with Crippen LogP contribution in [0.4, 0.5) is 5.82 Å². The number of carbonyl (C=O) groups excluding carboxylic acids is 1.